The summed E-state index contributed by atoms with van der Waals surface area (Å²) in [5, 5.41) is 2.65. The second-order valence-electron chi connectivity index (χ2n) is 5.51. The van der Waals surface area contributed by atoms with Gasteiger partial charge in [0.05, 0.1) is 16.3 Å². The maximum absolute atomic E-state index is 12.7. The van der Waals surface area contributed by atoms with E-state index in [9.17, 15) is 13.2 Å². The second kappa shape index (κ2) is 7.46. The third-order valence-electron chi connectivity index (χ3n) is 3.59. The quantitative estimate of drug-likeness (QED) is 0.758. The molecule has 0 radical (unpaired) electrons. The first kappa shape index (κ1) is 18.4. The molecule has 2 aromatic carbocycles. The fraction of sp³-hybridized carbons (Fsp3) is 0.235. The van der Waals surface area contributed by atoms with Crippen LogP contribution in [0.15, 0.2) is 46.2 Å². The number of ether oxygens (including phenoxy) is 2. The van der Waals surface area contributed by atoms with Gasteiger partial charge >= 0.3 is 0 Å². The normalized spacial score (nSPS) is 13.2. The zero-order valence-electron chi connectivity index (χ0n) is 14.2. The Morgan fingerprint density at radius 2 is 1.81 bits per heavy atom. The summed E-state index contributed by atoms with van der Waals surface area (Å²) in [7, 11) is -3.83. The molecule has 0 bridgehead atoms. The van der Waals surface area contributed by atoms with Crippen molar-refractivity contribution >= 4 is 39.1 Å². The molecule has 2 N–H and O–H groups in total. The van der Waals surface area contributed by atoms with Gasteiger partial charge in [-0.15, -0.1) is 11.8 Å². The molecule has 1 aliphatic heterocycles. The molecule has 0 unspecified atom stereocenters. The molecule has 1 aliphatic rings. The first-order chi connectivity index (χ1) is 12.4. The lowest BCUT2D eigenvalue weighted by atomic mass is 10.3. The van der Waals surface area contributed by atoms with Crippen LogP contribution in [0.1, 0.15) is 6.92 Å². The Labute approximate surface area is 156 Å². The van der Waals surface area contributed by atoms with Crippen LogP contribution in [0, 0.1) is 0 Å². The van der Waals surface area contributed by atoms with Gasteiger partial charge in [-0.2, -0.15) is 0 Å². The molecule has 1 amide bonds. The summed E-state index contributed by atoms with van der Waals surface area (Å²) in [5.74, 6) is 0.805. The highest BCUT2D eigenvalue weighted by Crippen LogP contribution is 2.34. The van der Waals surface area contributed by atoms with Crippen LogP contribution in [-0.4, -0.2) is 33.8 Å². The standard InChI is InChI=1S/C17H18N2O5S2/c1-11(20)18-14-10-13(4-6-17(14)25-2)26(21,22)19-12-3-5-15-16(9-12)24-8-7-23-15/h3-6,9-10,19H,7-8H2,1-2H3,(H,18,20). The van der Waals surface area contributed by atoms with E-state index in [1.807, 2.05) is 6.26 Å². The second-order valence-corrected chi connectivity index (χ2v) is 8.04. The SMILES string of the molecule is CSc1ccc(S(=O)(=O)Nc2ccc3c(c2)OCCO3)cc1NC(C)=O. The van der Waals surface area contributed by atoms with E-state index in [1.54, 1.807) is 24.3 Å². The fourth-order valence-electron chi connectivity index (χ4n) is 2.46. The molecule has 0 fully saturated rings. The molecule has 0 aliphatic carbocycles. The van der Waals surface area contributed by atoms with Crippen LogP contribution in [0.4, 0.5) is 11.4 Å². The van der Waals surface area contributed by atoms with Gasteiger partial charge in [0.2, 0.25) is 5.91 Å². The number of nitrogens with one attached hydrogen (secondary N) is 2. The summed E-state index contributed by atoms with van der Waals surface area (Å²) in [6, 6.07) is 9.44. The van der Waals surface area contributed by atoms with Crippen molar-refractivity contribution < 1.29 is 22.7 Å². The number of amides is 1. The summed E-state index contributed by atoms with van der Waals surface area (Å²) >= 11 is 1.42. The average molecular weight is 394 g/mol. The van der Waals surface area contributed by atoms with Crippen LogP contribution in [0.25, 0.3) is 0 Å². The molecule has 2 aromatic rings. The Kier molecular flexibility index (Phi) is 5.28. The average Bonchev–Trinajstić information content (AvgIpc) is 2.60. The number of thioether (sulfide) groups is 1. The number of rotatable bonds is 5. The minimum absolute atomic E-state index is 0.0499. The third-order valence-corrected chi connectivity index (χ3v) is 5.76. The van der Waals surface area contributed by atoms with E-state index >= 15 is 0 Å². The number of fused-ring (bicyclic) bond motifs is 1. The highest BCUT2D eigenvalue weighted by atomic mass is 32.2. The summed E-state index contributed by atoms with van der Waals surface area (Å²) < 4.78 is 38.8. The van der Waals surface area contributed by atoms with Crippen LogP contribution < -0.4 is 19.5 Å². The van der Waals surface area contributed by atoms with E-state index in [2.05, 4.69) is 10.0 Å². The van der Waals surface area contributed by atoms with Crippen LogP contribution in [-0.2, 0) is 14.8 Å². The van der Waals surface area contributed by atoms with E-state index in [0.717, 1.165) is 4.90 Å². The molecule has 0 atom stereocenters. The van der Waals surface area contributed by atoms with Crippen LogP contribution in [0.5, 0.6) is 11.5 Å². The molecular weight excluding hydrogens is 376 g/mol. The summed E-state index contributed by atoms with van der Waals surface area (Å²) in [4.78, 5) is 12.2. The Morgan fingerprint density at radius 3 is 2.50 bits per heavy atom. The van der Waals surface area contributed by atoms with Crippen LogP contribution in [0.3, 0.4) is 0 Å². The summed E-state index contributed by atoms with van der Waals surface area (Å²) in [6.07, 6.45) is 1.85. The maximum atomic E-state index is 12.7. The lowest BCUT2D eigenvalue weighted by Gasteiger charge is -2.19. The van der Waals surface area contributed by atoms with Crippen molar-refractivity contribution in [2.75, 3.05) is 29.5 Å². The predicted molar refractivity (Wildman–Crippen MR) is 101 cm³/mol. The molecule has 1 heterocycles. The number of hydrogen-bond acceptors (Lipinski definition) is 6. The van der Waals surface area contributed by atoms with Gasteiger partial charge in [0.15, 0.2) is 11.5 Å². The summed E-state index contributed by atoms with van der Waals surface area (Å²) in [5.41, 5.74) is 0.819. The number of anilines is 2. The van der Waals surface area contributed by atoms with Gasteiger partial charge in [0, 0.05) is 17.9 Å². The highest BCUT2D eigenvalue weighted by molar-refractivity contribution is 7.98. The van der Waals surface area contributed by atoms with Gasteiger partial charge in [0.1, 0.15) is 13.2 Å². The number of carbonyl (C=O) groups is 1. The molecule has 0 saturated heterocycles. The van der Waals surface area contributed by atoms with E-state index in [1.165, 1.54) is 30.8 Å². The first-order valence-electron chi connectivity index (χ1n) is 7.77. The monoisotopic (exact) mass is 394 g/mol. The number of benzene rings is 2. The zero-order chi connectivity index (χ0) is 18.7. The lowest BCUT2D eigenvalue weighted by molar-refractivity contribution is -0.114. The molecule has 3 rings (SSSR count). The highest BCUT2D eigenvalue weighted by Gasteiger charge is 2.19. The lowest BCUT2D eigenvalue weighted by Crippen LogP contribution is -2.17. The van der Waals surface area contributed by atoms with Crippen LogP contribution >= 0.6 is 11.8 Å². The molecule has 0 saturated carbocycles. The summed E-state index contributed by atoms with van der Waals surface area (Å²) in [6.45, 7) is 2.25. The first-order valence-corrected chi connectivity index (χ1v) is 10.5. The number of carbonyl (C=O) groups excluding carboxylic acids is 1. The molecule has 138 valence electrons. The predicted octanol–water partition coefficient (Wildman–Crippen LogP) is 2.94. The molecule has 0 spiro atoms. The third kappa shape index (κ3) is 4.05. The van der Waals surface area contributed by atoms with Crippen molar-refractivity contribution in [2.45, 2.75) is 16.7 Å². The Morgan fingerprint density at radius 1 is 1.08 bits per heavy atom. The molecule has 26 heavy (non-hydrogen) atoms. The van der Waals surface area contributed by atoms with E-state index in [0.29, 0.717) is 36.1 Å². The van der Waals surface area contributed by atoms with Crippen molar-refractivity contribution in [1.29, 1.82) is 0 Å². The van der Waals surface area contributed by atoms with Crippen molar-refractivity contribution in [1.82, 2.24) is 0 Å². The Hall–Kier alpha value is -2.39. The van der Waals surface area contributed by atoms with Crippen molar-refractivity contribution in [3.8, 4) is 11.5 Å². The van der Waals surface area contributed by atoms with Gasteiger partial charge in [-0.3, -0.25) is 9.52 Å². The molecule has 9 heteroatoms. The minimum atomic E-state index is -3.83. The van der Waals surface area contributed by atoms with Gasteiger partial charge in [-0.25, -0.2) is 8.42 Å². The number of sulfonamides is 1. The van der Waals surface area contributed by atoms with Crippen molar-refractivity contribution in [3.63, 3.8) is 0 Å². The van der Waals surface area contributed by atoms with E-state index in [4.69, 9.17) is 9.47 Å². The fourth-order valence-corrected chi connectivity index (χ4v) is 4.07. The Bertz CT molecular complexity index is 944. The van der Waals surface area contributed by atoms with Gasteiger partial charge < -0.3 is 14.8 Å². The van der Waals surface area contributed by atoms with Gasteiger partial charge in [-0.05, 0) is 36.6 Å². The minimum Gasteiger partial charge on any atom is -0.486 e. The van der Waals surface area contributed by atoms with Crippen LogP contribution in [0.2, 0.25) is 0 Å². The zero-order valence-corrected chi connectivity index (χ0v) is 15.9. The van der Waals surface area contributed by atoms with Crippen molar-refractivity contribution in [2.24, 2.45) is 0 Å². The van der Waals surface area contributed by atoms with Crippen molar-refractivity contribution in [3.05, 3.63) is 36.4 Å². The van der Waals surface area contributed by atoms with Gasteiger partial charge in [-0.1, -0.05) is 0 Å². The topological polar surface area (TPSA) is 93.7 Å². The number of hydrogen-bond donors (Lipinski definition) is 2. The van der Waals surface area contributed by atoms with E-state index in [-0.39, 0.29) is 10.8 Å². The molecule has 0 aromatic heterocycles. The molecular formula is C17H18N2O5S2. The largest absolute Gasteiger partial charge is 0.486 e. The molecule has 7 nitrogen and oxygen atoms in total. The maximum Gasteiger partial charge on any atom is 0.261 e. The van der Waals surface area contributed by atoms with Gasteiger partial charge in [0.25, 0.3) is 10.0 Å². The Balaban J connectivity index is 1.89. The van der Waals surface area contributed by atoms with E-state index < -0.39 is 10.0 Å². The smallest absolute Gasteiger partial charge is 0.261 e.